The molecule has 88 valence electrons. The first-order valence-corrected chi connectivity index (χ1v) is 4.82. The molecule has 2 N–H and O–H groups in total. The number of phenolic OH excluding ortho intramolecular Hbond substituents is 1. The van der Waals surface area contributed by atoms with Crippen LogP contribution in [-0.2, 0) is 4.74 Å². The standard InChI is InChI=1S/C11H14FNO3/c1-7-5-8(9(12)6-10(7)14)11(15)13-3-4-16-2/h5-6,14H,3-4H2,1-2H3,(H,13,15). The van der Waals surface area contributed by atoms with Gasteiger partial charge in [0.2, 0.25) is 0 Å². The van der Waals surface area contributed by atoms with Crippen LogP contribution in [0.2, 0.25) is 0 Å². The lowest BCUT2D eigenvalue weighted by molar-refractivity contribution is 0.0933. The molecule has 4 nitrogen and oxygen atoms in total. The van der Waals surface area contributed by atoms with Gasteiger partial charge in [0.05, 0.1) is 12.2 Å². The Morgan fingerprint density at radius 3 is 2.88 bits per heavy atom. The zero-order valence-electron chi connectivity index (χ0n) is 9.21. The molecule has 0 atom stereocenters. The third-order valence-electron chi connectivity index (χ3n) is 2.12. The Morgan fingerprint density at radius 2 is 2.25 bits per heavy atom. The van der Waals surface area contributed by atoms with Gasteiger partial charge in [0, 0.05) is 19.7 Å². The van der Waals surface area contributed by atoms with E-state index in [2.05, 4.69) is 5.32 Å². The molecule has 1 amide bonds. The number of methoxy groups -OCH3 is 1. The van der Waals surface area contributed by atoms with Crippen molar-refractivity contribution in [1.82, 2.24) is 5.32 Å². The number of aromatic hydroxyl groups is 1. The lowest BCUT2D eigenvalue weighted by Crippen LogP contribution is -2.27. The molecule has 0 unspecified atom stereocenters. The van der Waals surface area contributed by atoms with Gasteiger partial charge in [-0.25, -0.2) is 4.39 Å². The second-order valence-electron chi connectivity index (χ2n) is 3.37. The maximum Gasteiger partial charge on any atom is 0.254 e. The molecule has 1 aromatic carbocycles. The van der Waals surface area contributed by atoms with Gasteiger partial charge >= 0.3 is 0 Å². The Bertz CT molecular complexity index is 393. The Hall–Kier alpha value is -1.62. The highest BCUT2D eigenvalue weighted by atomic mass is 19.1. The van der Waals surface area contributed by atoms with Crippen molar-refractivity contribution in [3.05, 3.63) is 29.1 Å². The monoisotopic (exact) mass is 227 g/mol. The molecule has 0 aliphatic heterocycles. The number of nitrogens with one attached hydrogen (secondary N) is 1. The van der Waals surface area contributed by atoms with Crippen molar-refractivity contribution in [1.29, 1.82) is 0 Å². The average molecular weight is 227 g/mol. The van der Waals surface area contributed by atoms with Crippen molar-refractivity contribution in [3.63, 3.8) is 0 Å². The second-order valence-corrected chi connectivity index (χ2v) is 3.37. The van der Waals surface area contributed by atoms with E-state index in [1.807, 2.05) is 0 Å². The number of carbonyl (C=O) groups is 1. The van der Waals surface area contributed by atoms with E-state index >= 15 is 0 Å². The Balaban J connectivity index is 2.79. The van der Waals surface area contributed by atoms with Crippen LogP contribution < -0.4 is 5.32 Å². The number of halogens is 1. The quantitative estimate of drug-likeness (QED) is 0.760. The van der Waals surface area contributed by atoms with Gasteiger partial charge in [-0.05, 0) is 18.6 Å². The van der Waals surface area contributed by atoms with E-state index in [4.69, 9.17) is 4.74 Å². The molecule has 0 saturated carbocycles. The first-order chi connectivity index (χ1) is 7.56. The summed E-state index contributed by atoms with van der Waals surface area (Å²) in [7, 11) is 1.51. The summed E-state index contributed by atoms with van der Waals surface area (Å²) in [4.78, 5) is 11.5. The minimum absolute atomic E-state index is 0.0774. The van der Waals surface area contributed by atoms with E-state index in [1.165, 1.54) is 13.2 Å². The first-order valence-electron chi connectivity index (χ1n) is 4.82. The lowest BCUT2D eigenvalue weighted by atomic mass is 10.1. The molecule has 0 spiro atoms. The maximum atomic E-state index is 13.3. The number of hydrogen-bond donors (Lipinski definition) is 2. The normalized spacial score (nSPS) is 10.2. The number of phenols is 1. The van der Waals surface area contributed by atoms with E-state index in [0.29, 0.717) is 18.7 Å². The summed E-state index contributed by atoms with van der Waals surface area (Å²) in [6, 6.07) is 2.24. The topological polar surface area (TPSA) is 58.6 Å². The van der Waals surface area contributed by atoms with Crippen molar-refractivity contribution >= 4 is 5.91 Å². The fourth-order valence-electron chi connectivity index (χ4n) is 1.21. The van der Waals surface area contributed by atoms with Gasteiger partial charge in [-0.3, -0.25) is 4.79 Å². The van der Waals surface area contributed by atoms with Gasteiger partial charge in [0.15, 0.2) is 0 Å². The van der Waals surface area contributed by atoms with Crippen LogP contribution in [0.15, 0.2) is 12.1 Å². The predicted octanol–water partition coefficient (Wildman–Crippen LogP) is 1.22. The van der Waals surface area contributed by atoms with E-state index in [1.54, 1.807) is 6.92 Å². The molecule has 0 aliphatic carbocycles. The van der Waals surface area contributed by atoms with Gasteiger partial charge in [-0.15, -0.1) is 0 Å². The van der Waals surface area contributed by atoms with Gasteiger partial charge in [-0.1, -0.05) is 0 Å². The highest BCUT2D eigenvalue weighted by molar-refractivity contribution is 5.94. The minimum atomic E-state index is -0.738. The summed E-state index contributed by atoms with van der Waals surface area (Å²) >= 11 is 0. The number of ether oxygens (including phenoxy) is 1. The molecule has 0 radical (unpaired) electrons. The summed E-state index contributed by atoms with van der Waals surface area (Å²) in [5, 5.41) is 11.7. The van der Waals surface area contributed by atoms with E-state index < -0.39 is 11.7 Å². The van der Waals surface area contributed by atoms with Crippen molar-refractivity contribution in [2.45, 2.75) is 6.92 Å². The number of aryl methyl sites for hydroxylation is 1. The number of amides is 1. The number of rotatable bonds is 4. The number of carbonyl (C=O) groups excluding carboxylic acids is 1. The third-order valence-corrected chi connectivity index (χ3v) is 2.12. The number of hydrogen-bond acceptors (Lipinski definition) is 3. The highest BCUT2D eigenvalue weighted by Gasteiger charge is 2.13. The van der Waals surface area contributed by atoms with E-state index in [0.717, 1.165) is 6.07 Å². The second kappa shape index (κ2) is 5.46. The minimum Gasteiger partial charge on any atom is -0.508 e. The van der Waals surface area contributed by atoms with Gasteiger partial charge in [0.1, 0.15) is 11.6 Å². The first kappa shape index (κ1) is 12.4. The molecule has 16 heavy (non-hydrogen) atoms. The molecule has 0 bridgehead atoms. The summed E-state index contributed by atoms with van der Waals surface area (Å²) in [6.45, 7) is 2.28. The molecule has 0 aromatic heterocycles. The summed E-state index contributed by atoms with van der Waals surface area (Å²) in [5.74, 6) is -1.42. The van der Waals surface area contributed by atoms with Crippen LogP contribution in [0.25, 0.3) is 0 Å². The molecular weight excluding hydrogens is 213 g/mol. The van der Waals surface area contributed by atoms with Gasteiger partial charge < -0.3 is 15.2 Å². The third kappa shape index (κ3) is 2.93. The van der Waals surface area contributed by atoms with Crippen LogP contribution in [-0.4, -0.2) is 31.3 Å². The van der Waals surface area contributed by atoms with Crippen molar-refractivity contribution in [2.75, 3.05) is 20.3 Å². The fourth-order valence-corrected chi connectivity index (χ4v) is 1.21. The van der Waals surface area contributed by atoms with Crippen LogP contribution in [0.3, 0.4) is 0 Å². The molecule has 0 saturated heterocycles. The van der Waals surface area contributed by atoms with E-state index in [-0.39, 0.29) is 11.3 Å². The predicted molar refractivity (Wildman–Crippen MR) is 57.0 cm³/mol. The largest absolute Gasteiger partial charge is 0.508 e. The molecule has 1 rings (SSSR count). The van der Waals surface area contributed by atoms with Crippen molar-refractivity contribution in [2.24, 2.45) is 0 Å². The molecule has 0 fully saturated rings. The smallest absolute Gasteiger partial charge is 0.254 e. The molecule has 5 heteroatoms. The van der Waals surface area contributed by atoms with Crippen molar-refractivity contribution in [3.8, 4) is 5.75 Å². The Morgan fingerprint density at radius 1 is 1.56 bits per heavy atom. The summed E-state index contributed by atoms with van der Waals surface area (Å²) < 4.78 is 18.1. The number of benzene rings is 1. The summed E-state index contributed by atoms with van der Waals surface area (Å²) in [6.07, 6.45) is 0. The van der Waals surface area contributed by atoms with Crippen LogP contribution in [0.1, 0.15) is 15.9 Å². The maximum absolute atomic E-state index is 13.3. The van der Waals surface area contributed by atoms with Crippen LogP contribution in [0, 0.1) is 12.7 Å². The SMILES string of the molecule is COCCNC(=O)c1cc(C)c(O)cc1F. The molecule has 0 heterocycles. The van der Waals surface area contributed by atoms with Crippen LogP contribution in [0.4, 0.5) is 4.39 Å². The molecular formula is C11H14FNO3. The van der Waals surface area contributed by atoms with Gasteiger partial charge in [-0.2, -0.15) is 0 Å². The lowest BCUT2D eigenvalue weighted by Gasteiger charge is -2.07. The molecule has 0 aliphatic rings. The van der Waals surface area contributed by atoms with Gasteiger partial charge in [0.25, 0.3) is 5.91 Å². The Labute approximate surface area is 93.0 Å². The zero-order chi connectivity index (χ0) is 12.1. The molecule has 1 aromatic rings. The summed E-state index contributed by atoms with van der Waals surface area (Å²) in [5.41, 5.74) is 0.379. The highest BCUT2D eigenvalue weighted by Crippen LogP contribution is 2.20. The zero-order valence-corrected chi connectivity index (χ0v) is 9.21. The fraction of sp³-hybridized carbons (Fsp3) is 0.364. The Kier molecular flexibility index (Phi) is 4.25. The van der Waals surface area contributed by atoms with Crippen LogP contribution in [0.5, 0.6) is 5.75 Å². The average Bonchev–Trinajstić information content (AvgIpc) is 2.23. The van der Waals surface area contributed by atoms with Crippen molar-refractivity contribution < 1.29 is 19.0 Å². The van der Waals surface area contributed by atoms with E-state index in [9.17, 15) is 14.3 Å². The van der Waals surface area contributed by atoms with Crippen LogP contribution >= 0.6 is 0 Å².